The van der Waals surface area contributed by atoms with Crippen molar-refractivity contribution in [3.8, 4) is 0 Å². The number of amides is 1. The molecule has 0 bridgehead atoms. The lowest BCUT2D eigenvalue weighted by molar-refractivity contribution is -0.301. The minimum absolute atomic E-state index is 0.110. The fourth-order valence-electron chi connectivity index (χ4n) is 3.65. The van der Waals surface area contributed by atoms with Gasteiger partial charge in [-0.25, -0.2) is 4.79 Å². The predicted molar refractivity (Wildman–Crippen MR) is 107 cm³/mol. The van der Waals surface area contributed by atoms with E-state index < -0.39 is 23.3 Å². The molecule has 1 aromatic rings. The van der Waals surface area contributed by atoms with Crippen LogP contribution in [0, 0.1) is 5.92 Å². The van der Waals surface area contributed by atoms with Gasteiger partial charge in [-0.05, 0) is 55.7 Å². The number of rotatable bonds is 6. The van der Waals surface area contributed by atoms with Gasteiger partial charge in [0.2, 0.25) is 0 Å². The van der Waals surface area contributed by atoms with Gasteiger partial charge in [-0.1, -0.05) is 26.0 Å². The van der Waals surface area contributed by atoms with Crippen LogP contribution in [0.1, 0.15) is 50.0 Å². The molecule has 0 spiro atoms. The van der Waals surface area contributed by atoms with Crippen molar-refractivity contribution in [1.29, 1.82) is 0 Å². The number of hydrogen-bond acceptors (Lipinski definition) is 6. The van der Waals surface area contributed by atoms with Gasteiger partial charge in [-0.2, -0.15) is 13.2 Å². The van der Waals surface area contributed by atoms with Gasteiger partial charge in [0.25, 0.3) is 0 Å². The second-order valence-corrected chi connectivity index (χ2v) is 8.46. The molecule has 1 aliphatic heterocycles. The summed E-state index contributed by atoms with van der Waals surface area (Å²) >= 11 is 0. The standard InChI is InChI=1S/C21H30F3N3O4/c1-14(2)9-10-25-11-15(3)26(16(4)12-25)13-17-5-7-18(8-6-17)19(28)27(30)31-20(29)21(22,23)24/h5-8,14-16,30H,9-13H2,1-4H3/t15-,16+. The fraction of sp³-hybridized carbons (Fsp3) is 0.619. The highest BCUT2D eigenvalue weighted by Gasteiger charge is 2.43. The number of benzene rings is 1. The zero-order valence-corrected chi connectivity index (χ0v) is 18.2. The Hall–Kier alpha value is -2.17. The normalized spacial score (nSPS) is 20.7. The molecule has 2 rings (SSSR count). The number of hydroxylamine groups is 2. The van der Waals surface area contributed by atoms with Gasteiger partial charge in [-0.15, -0.1) is 0 Å². The maximum Gasteiger partial charge on any atom is 0.493 e. The molecule has 1 aliphatic rings. The Kier molecular flexibility index (Phi) is 8.44. The van der Waals surface area contributed by atoms with Crippen LogP contribution in [0.15, 0.2) is 24.3 Å². The number of alkyl halides is 3. The van der Waals surface area contributed by atoms with Crippen molar-refractivity contribution in [2.24, 2.45) is 5.92 Å². The Morgan fingerprint density at radius 1 is 1.16 bits per heavy atom. The molecule has 10 heteroatoms. The summed E-state index contributed by atoms with van der Waals surface area (Å²) in [5.41, 5.74) is 0.809. The number of halogens is 3. The number of carbonyl (C=O) groups is 2. The molecule has 7 nitrogen and oxygen atoms in total. The largest absolute Gasteiger partial charge is 0.493 e. The summed E-state index contributed by atoms with van der Waals surface area (Å²) in [5, 5.41) is 8.63. The Balaban J connectivity index is 1.95. The monoisotopic (exact) mass is 445 g/mol. The van der Waals surface area contributed by atoms with Crippen LogP contribution < -0.4 is 0 Å². The van der Waals surface area contributed by atoms with Crippen molar-refractivity contribution < 1.29 is 32.8 Å². The number of hydrogen-bond donors (Lipinski definition) is 1. The van der Waals surface area contributed by atoms with Gasteiger partial charge in [0, 0.05) is 37.3 Å². The Morgan fingerprint density at radius 2 is 1.71 bits per heavy atom. The molecule has 31 heavy (non-hydrogen) atoms. The predicted octanol–water partition coefficient (Wildman–Crippen LogP) is 3.48. The fourth-order valence-corrected chi connectivity index (χ4v) is 3.65. The summed E-state index contributed by atoms with van der Waals surface area (Å²) in [6.07, 6.45) is -4.16. The molecule has 0 aromatic heterocycles. The first-order valence-electron chi connectivity index (χ1n) is 10.3. The van der Waals surface area contributed by atoms with Crippen LogP contribution in [0.25, 0.3) is 0 Å². The van der Waals surface area contributed by atoms with Gasteiger partial charge in [0.1, 0.15) is 0 Å². The van der Waals surface area contributed by atoms with E-state index in [9.17, 15) is 28.0 Å². The molecule has 1 heterocycles. The molecule has 0 radical (unpaired) electrons. The van der Waals surface area contributed by atoms with Gasteiger partial charge < -0.3 is 9.74 Å². The van der Waals surface area contributed by atoms with E-state index in [1.54, 1.807) is 12.1 Å². The number of carbonyl (C=O) groups excluding carboxylic acids is 2. The third kappa shape index (κ3) is 7.19. The Bertz CT molecular complexity index is 743. The van der Waals surface area contributed by atoms with E-state index in [2.05, 4.69) is 42.3 Å². The summed E-state index contributed by atoms with van der Waals surface area (Å²) in [6, 6.07) is 6.75. The van der Waals surface area contributed by atoms with Crippen LogP contribution >= 0.6 is 0 Å². The molecule has 0 unspecified atom stereocenters. The minimum atomic E-state index is -5.32. The second kappa shape index (κ2) is 10.4. The van der Waals surface area contributed by atoms with Gasteiger partial charge in [0.15, 0.2) is 0 Å². The molecule has 1 amide bonds. The highest BCUT2D eigenvalue weighted by molar-refractivity contribution is 5.93. The maximum atomic E-state index is 12.2. The maximum absolute atomic E-state index is 12.2. The van der Waals surface area contributed by atoms with E-state index in [1.807, 2.05) is 0 Å². The first-order valence-corrected chi connectivity index (χ1v) is 10.3. The lowest BCUT2D eigenvalue weighted by atomic mass is 10.0. The molecule has 1 aromatic carbocycles. The van der Waals surface area contributed by atoms with Crippen molar-refractivity contribution in [1.82, 2.24) is 15.0 Å². The molecule has 0 aliphatic carbocycles. The molecular formula is C21H30F3N3O4. The van der Waals surface area contributed by atoms with Crippen LogP contribution in [0.5, 0.6) is 0 Å². The average molecular weight is 445 g/mol. The smallest absolute Gasteiger partial charge is 0.302 e. The summed E-state index contributed by atoms with van der Waals surface area (Å²) in [5.74, 6) is -3.29. The zero-order valence-electron chi connectivity index (χ0n) is 18.2. The number of nitrogens with zero attached hydrogens (tertiary/aromatic N) is 3. The molecule has 2 atom stereocenters. The molecule has 1 N–H and O–H groups in total. The van der Waals surface area contributed by atoms with Crippen molar-refractivity contribution in [3.63, 3.8) is 0 Å². The minimum Gasteiger partial charge on any atom is -0.302 e. The third-order valence-electron chi connectivity index (χ3n) is 5.34. The van der Waals surface area contributed by atoms with E-state index in [1.165, 1.54) is 12.1 Å². The SMILES string of the molecule is CC(C)CCN1C[C@@H](C)N(Cc2ccc(C(=O)N(O)OC(=O)C(F)(F)F)cc2)[C@@H](C)C1. The average Bonchev–Trinajstić information content (AvgIpc) is 2.68. The topological polar surface area (TPSA) is 73.3 Å². The van der Waals surface area contributed by atoms with Crippen molar-refractivity contribution in [2.45, 2.75) is 58.9 Å². The van der Waals surface area contributed by atoms with Crippen molar-refractivity contribution in [2.75, 3.05) is 19.6 Å². The molecule has 174 valence electrons. The van der Waals surface area contributed by atoms with Gasteiger partial charge >= 0.3 is 18.1 Å². The third-order valence-corrected chi connectivity index (χ3v) is 5.34. The van der Waals surface area contributed by atoms with Crippen LogP contribution in [0.2, 0.25) is 0 Å². The lowest BCUT2D eigenvalue weighted by Gasteiger charge is -2.44. The quantitative estimate of drug-likeness (QED) is 0.534. The van der Waals surface area contributed by atoms with E-state index in [0.717, 1.165) is 31.6 Å². The molecular weight excluding hydrogens is 415 g/mol. The highest BCUT2D eigenvalue weighted by atomic mass is 19.4. The van der Waals surface area contributed by atoms with E-state index >= 15 is 0 Å². The van der Waals surface area contributed by atoms with Crippen LogP contribution in [0.3, 0.4) is 0 Å². The number of piperazine rings is 1. The summed E-state index contributed by atoms with van der Waals surface area (Å²) in [7, 11) is 0. The van der Waals surface area contributed by atoms with Gasteiger partial charge in [-0.3, -0.25) is 14.9 Å². The Morgan fingerprint density at radius 3 is 2.19 bits per heavy atom. The van der Waals surface area contributed by atoms with Crippen molar-refractivity contribution >= 4 is 11.9 Å². The highest BCUT2D eigenvalue weighted by Crippen LogP contribution is 2.21. The summed E-state index contributed by atoms with van der Waals surface area (Å²) in [6.45, 7) is 12.5. The molecule has 1 saturated heterocycles. The second-order valence-electron chi connectivity index (χ2n) is 8.46. The molecule has 0 saturated carbocycles. The lowest BCUT2D eigenvalue weighted by Crippen LogP contribution is -2.56. The Labute approximate surface area is 180 Å². The summed E-state index contributed by atoms with van der Waals surface area (Å²) in [4.78, 5) is 31.2. The first-order chi connectivity index (χ1) is 14.4. The van der Waals surface area contributed by atoms with Crippen molar-refractivity contribution in [3.05, 3.63) is 35.4 Å². The zero-order chi connectivity index (χ0) is 23.3. The van der Waals surface area contributed by atoms with E-state index in [4.69, 9.17) is 0 Å². The van der Waals surface area contributed by atoms with Gasteiger partial charge in [0.05, 0.1) is 0 Å². The summed E-state index contributed by atoms with van der Waals surface area (Å²) < 4.78 is 36.6. The van der Waals surface area contributed by atoms with E-state index in [0.29, 0.717) is 24.5 Å². The van der Waals surface area contributed by atoms with Crippen LogP contribution in [-0.4, -0.2) is 70.0 Å². The molecule has 1 fully saturated rings. The van der Waals surface area contributed by atoms with Crippen LogP contribution in [-0.2, 0) is 16.2 Å². The van der Waals surface area contributed by atoms with Crippen LogP contribution in [0.4, 0.5) is 13.2 Å². The first kappa shape index (κ1) is 25.1. The van der Waals surface area contributed by atoms with E-state index in [-0.39, 0.29) is 5.56 Å².